The molecule has 0 amide bonds. The molecular formula is C16H34N2. The predicted molar refractivity (Wildman–Crippen MR) is 80.9 cm³/mol. The summed E-state index contributed by atoms with van der Waals surface area (Å²) >= 11 is 0. The molecule has 2 fully saturated rings. The molecule has 0 bridgehead atoms. The van der Waals surface area contributed by atoms with Crippen LogP contribution in [0.2, 0.25) is 0 Å². The smallest absolute Gasteiger partial charge is 0.00181 e. The standard InChI is InChI=1S/2C8H17N/c1-7(2)8-3-5-9-6-4-8;1-7(2)8-4-3-5-9-6-8/h2*7-9H,3-6H2,1-2H3. The van der Waals surface area contributed by atoms with E-state index >= 15 is 0 Å². The summed E-state index contributed by atoms with van der Waals surface area (Å²) < 4.78 is 0. The van der Waals surface area contributed by atoms with Gasteiger partial charge in [0.05, 0.1) is 0 Å². The van der Waals surface area contributed by atoms with Crippen LogP contribution in [0.25, 0.3) is 0 Å². The lowest BCUT2D eigenvalue weighted by molar-refractivity contribution is 0.292. The number of hydrogen-bond acceptors (Lipinski definition) is 2. The first-order chi connectivity index (χ1) is 8.61. The van der Waals surface area contributed by atoms with Crippen molar-refractivity contribution in [2.75, 3.05) is 26.2 Å². The van der Waals surface area contributed by atoms with Crippen LogP contribution in [0.4, 0.5) is 0 Å². The maximum atomic E-state index is 3.42. The maximum absolute atomic E-state index is 3.42. The third-order valence-electron chi connectivity index (χ3n) is 4.60. The first-order valence-electron chi connectivity index (χ1n) is 8.02. The van der Waals surface area contributed by atoms with Crippen LogP contribution in [0.15, 0.2) is 0 Å². The molecule has 18 heavy (non-hydrogen) atoms. The molecule has 0 aromatic carbocycles. The zero-order valence-corrected chi connectivity index (χ0v) is 13.0. The largest absolute Gasteiger partial charge is 0.317 e. The summed E-state index contributed by atoms with van der Waals surface area (Å²) in [5.41, 5.74) is 0. The summed E-state index contributed by atoms with van der Waals surface area (Å²) in [4.78, 5) is 0. The quantitative estimate of drug-likeness (QED) is 0.790. The highest BCUT2D eigenvalue weighted by atomic mass is 14.9. The van der Waals surface area contributed by atoms with E-state index in [-0.39, 0.29) is 0 Å². The van der Waals surface area contributed by atoms with E-state index in [1.165, 1.54) is 51.9 Å². The highest BCUT2D eigenvalue weighted by molar-refractivity contribution is 4.71. The van der Waals surface area contributed by atoms with Crippen LogP contribution in [-0.2, 0) is 0 Å². The van der Waals surface area contributed by atoms with Crippen LogP contribution < -0.4 is 10.6 Å². The zero-order valence-electron chi connectivity index (χ0n) is 13.0. The van der Waals surface area contributed by atoms with Crippen molar-refractivity contribution in [1.29, 1.82) is 0 Å². The fourth-order valence-corrected chi connectivity index (χ4v) is 2.96. The maximum Gasteiger partial charge on any atom is -0.00181 e. The van der Waals surface area contributed by atoms with Crippen molar-refractivity contribution in [2.45, 2.75) is 53.4 Å². The molecule has 2 heteroatoms. The Kier molecular flexibility index (Phi) is 7.92. The molecule has 2 aliphatic heterocycles. The Morgan fingerprint density at radius 1 is 0.722 bits per heavy atom. The molecule has 108 valence electrons. The fourth-order valence-electron chi connectivity index (χ4n) is 2.96. The number of nitrogens with one attached hydrogen (secondary N) is 2. The van der Waals surface area contributed by atoms with E-state index in [1.54, 1.807) is 0 Å². The Hall–Kier alpha value is -0.0800. The topological polar surface area (TPSA) is 24.1 Å². The summed E-state index contributed by atoms with van der Waals surface area (Å²) in [6.07, 6.45) is 5.59. The molecule has 0 spiro atoms. The normalized spacial score (nSPS) is 26.0. The van der Waals surface area contributed by atoms with Crippen LogP contribution in [0.1, 0.15) is 53.4 Å². The highest BCUT2D eigenvalue weighted by Gasteiger charge is 2.16. The second kappa shape index (κ2) is 8.92. The minimum atomic E-state index is 0.873. The van der Waals surface area contributed by atoms with Gasteiger partial charge in [0, 0.05) is 0 Å². The van der Waals surface area contributed by atoms with E-state index in [9.17, 15) is 0 Å². The Labute approximate surface area is 114 Å². The number of piperidine rings is 2. The van der Waals surface area contributed by atoms with Gasteiger partial charge in [-0.2, -0.15) is 0 Å². The van der Waals surface area contributed by atoms with Gasteiger partial charge in [-0.25, -0.2) is 0 Å². The van der Waals surface area contributed by atoms with E-state index in [4.69, 9.17) is 0 Å². The lowest BCUT2D eigenvalue weighted by Gasteiger charge is -2.25. The highest BCUT2D eigenvalue weighted by Crippen LogP contribution is 2.20. The van der Waals surface area contributed by atoms with Gasteiger partial charge in [-0.1, -0.05) is 27.7 Å². The monoisotopic (exact) mass is 254 g/mol. The molecule has 1 unspecified atom stereocenters. The minimum Gasteiger partial charge on any atom is -0.317 e. The third-order valence-corrected chi connectivity index (χ3v) is 4.60. The molecule has 0 saturated carbocycles. The zero-order chi connectivity index (χ0) is 13.4. The molecule has 0 aliphatic carbocycles. The summed E-state index contributed by atoms with van der Waals surface area (Å²) in [5.74, 6) is 3.70. The molecule has 2 saturated heterocycles. The lowest BCUT2D eigenvalue weighted by Crippen LogP contribution is -2.32. The van der Waals surface area contributed by atoms with Crippen LogP contribution in [0.5, 0.6) is 0 Å². The molecule has 2 aliphatic rings. The number of hydrogen-bond donors (Lipinski definition) is 2. The van der Waals surface area contributed by atoms with E-state index in [0.717, 1.165) is 23.7 Å². The van der Waals surface area contributed by atoms with Gasteiger partial charge in [0.15, 0.2) is 0 Å². The van der Waals surface area contributed by atoms with Crippen molar-refractivity contribution >= 4 is 0 Å². The van der Waals surface area contributed by atoms with Crippen molar-refractivity contribution in [3.63, 3.8) is 0 Å². The van der Waals surface area contributed by atoms with Gasteiger partial charge in [0.25, 0.3) is 0 Å². The van der Waals surface area contributed by atoms with Gasteiger partial charge in [-0.15, -0.1) is 0 Å². The van der Waals surface area contributed by atoms with Crippen LogP contribution in [-0.4, -0.2) is 26.2 Å². The van der Waals surface area contributed by atoms with Crippen LogP contribution in [0, 0.1) is 23.7 Å². The summed E-state index contributed by atoms with van der Waals surface area (Å²) in [5, 5.41) is 6.79. The molecule has 2 N–H and O–H groups in total. The van der Waals surface area contributed by atoms with Crippen molar-refractivity contribution in [1.82, 2.24) is 10.6 Å². The van der Waals surface area contributed by atoms with Crippen LogP contribution >= 0.6 is 0 Å². The van der Waals surface area contributed by atoms with Crippen molar-refractivity contribution in [3.8, 4) is 0 Å². The summed E-state index contributed by atoms with van der Waals surface area (Å²) in [6, 6.07) is 0. The molecule has 2 heterocycles. The SMILES string of the molecule is CC(C)C1CCCNC1.CC(C)C1CCNCC1. The first-order valence-corrected chi connectivity index (χ1v) is 8.02. The van der Waals surface area contributed by atoms with Gasteiger partial charge in [-0.3, -0.25) is 0 Å². The molecule has 2 rings (SSSR count). The third kappa shape index (κ3) is 6.19. The van der Waals surface area contributed by atoms with Gasteiger partial charge in [-0.05, 0) is 75.5 Å². The van der Waals surface area contributed by atoms with E-state index in [0.29, 0.717) is 0 Å². The van der Waals surface area contributed by atoms with Crippen molar-refractivity contribution in [2.24, 2.45) is 23.7 Å². The molecule has 0 radical (unpaired) electrons. The lowest BCUT2D eigenvalue weighted by atomic mass is 9.87. The van der Waals surface area contributed by atoms with Crippen molar-refractivity contribution in [3.05, 3.63) is 0 Å². The average Bonchev–Trinajstić information content (AvgIpc) is 2.41. The van der Waals surface area contributed by atoms with Gasteiger partial charge in [0.1, 0.15) is 0 Å². The number of rotatable bonds is 2. The Morgan fingerprint density at radius 2 is 1.33 bits per heavy atom. The molecule has 0 aromatic rings. The fraction of sp³-hybridized carbons (Fsp3) is 1.00. The van der Waals surface area contributed by atoms with Gasteiger partial charge < -0.3 is 10.6 Å². The summed E-state index contributed by atoms with van der Waals surface area (Å²) in [7, 11) is 0. The molecule has 0 aromatic heterocycles. The Balaban J connectivity index is 0.000000180. The average molecular weight is 254 g/mol. The minimum absolute atomic E-state index is 0.873. The predicted octanol–water partition coefficient (Wildman–Crippen LogP) is 3.28. The van der Waals surface area contributed by atoms with Gasteiger partial charge >= 0.3 is 0 Å². The van der Waals surface area contributed by atoms with Crippen LogP contribution in [0.3, 0.4) is 0 Å². The Bertz CT molecular complexity index is 167. The van der Waals surface area contributed by atoms with E-state index < -0.39 is 0 Å². The molecule has 1 atom stereocenters. The van der Waals surface area contributed by atoms with E-state index in [1.807, 2.05) is 0 Å². The molecular weight excluding hydrogens is 220 g/mol. The second-order valence-electron chi connectivity index (χ2n) is 6.68. The second-order valence-corrected chi connectivity index (χ2v) is 6.68. The van der Waals surface area contributed by atoms with E-state index in [2.05, 4.69) is 38.3 Å². The Morgan fingerprint density at radius 3 is 1.67 bits per heavy atom. The van der Waals surface area contributed by atoms with Gasteiger partial charge in [0.2, 0.25) is 0 Å². The van der Waals surface area contributed by atoms with Crippen molar-refractivity contribution < 1.29 is 0 Å². The molecule has 2 nitrogen and oxygen atoms in total. The first kappa shape index (κ1) is 16.0. The summed E-state index contributed by atoms with van der Waals surface area (Å²) in [6.45, 7) is 14.3.